The summed E-state index contributed by atoms with van der Waals surface area (Å²) in [6, 6.07) is 4.79. The second-order valence-corrected chi connectivity index (χ2v) is 9.43. The summed E-state index contributed by atoms with van der Waals surface area (Å²) < 4.78 is 55.7. The molecule has 0 spiro atoms. The minimum Gasteiger partial charge on any atom is -0.486 e. The summed E-state index contributed by atoms with van der Waals surface area (Å²) in [5, 5.41) is 0. The largest absolute Gasteiger partial charge is 0.486 e. The Morgan fingerprint density at radius 2 is 1.70 bits per heavy atom. The van der Waals surface area contributed by atoms with Crippen molar-refractivity contribution in [3.63, 3.8) is 0 Å². The van der Waals surface area contributed by atoms with Crippen molar-refractivity contribution in [3.8, 4) is 5.75 Å². The molecule has 7 nitrogen and oxygen atoms in total. The Balaban J connectivity index is 1.74. The number of esters is 1. The molecule has 10 heteroatoms. The van der Waals surface area contributed by atoms with Crippen LogP contribution in [0.1, 0.15) is 50.4 Å². The van der Waals surface area contributed by atoms with Crippen LogP contribution < -0.4 is 9.64 Å². The molecule has 0 bridgehead atoms. The Hall–Kier alpha value is -2.65. The fourth-order valence-corrected chi connectivity index (χ4v) is 4.05. The zero-order chi connectivity index (χ0) is 24.4. The number of carbonyl (C=O) groups is 2. The summed E-state index contributed by atoms with van der Waals surface area (Å²) in [4.78, 5) is 27.8. The topological polar surface area (TPSA) is 68.3 Å². The number of piperidine rings is 1. The number of alkyl halides is 3. The van der Waals surface area contributed by atoms with Crippen molar-refractivity contribution in [3.05, 3.63) is 23.8 Å². The van der Waals surface area contributed by atoms with Crippen LogP contribution in [0.4, 0.5) is 23.7 Å². The molecule has 0 saturated carbocycles. The number of benzene rings is 1. The average molecular weight is 473 g/mol. The lowest BCUT2D eigenvalue weighted by Gasteiger charge is -2.35. The van der Waals surface area contributed by atoms with Gasteiger partial charge in [0, 0.05) is 26.1 Å². The zero-order valence-corrected chi connectivity index (χ0v) is 19.4. The van der Waals surface area contributed by atoms with Crippen LogP contribution in [0.15, 0.2) is 18.2 Å². The highest BCUT2D eigenvalue weighted by Crippen LogP contribution is 2.39. The number of ether oxygens (including phenoxy) is 3. The predicted molar refractivity (Wildman–Crippen MR) is 116 cm³/mol. The van der Waals surface area contributed by atoms with E-state index in [1.165, 1.54) is 7.11 Å². The summed E-state index contributed by atoms with van der Waals surface area (Å²) in [7, 11) is 1.27. The van der Waals surface area contributed by atoms with Gasteiger partial charge in [-0.1, -0.05) is 0 Å². The summed E-state index contributed by atoms with van der Waals surface area (Å²) >= 11 is 0. The summed E-state index contributed by atoms with van der Waals surface area (Å²) in [5.41, 5.74) is 0.240. The lowest BCUT2D eigenvalue weighted by atomic mass is 9.95. The molecule has 33 heavy (non-hydrogen) atoms. The molecule has 184 valence electrons. The van der Waals surface area contributed by atoms with E-state index in [-0.39, 0.29) is 32.0 Å². The molecule has 2 saturated heterocycles. The van der Waals surface area contributed by atoms with Gasteiger partial charge < -0.3 is 24.0 Å². The van der Waals surface area contributed by atoms with Crippen LogP contribution >= 0.6 is 0 Å². The van der Waals surface area contributed by atoms with Crippen LogP contribution in [-0.4, -0.2) is 68.1 Å². The highest BCUT2D eigenvalue weighted by atomic mass is 19.4. The van der Waals surface area contributed by atoms with E-state index in [1.807, 2.05) is 4.90 Å². The molecular weight excluding hydrogens is 441 g/mol. The molecular formula is C23H31F3N2O5. The molecule has 1 atom stereocenters. The molecule has 2 aliphatic rings. The van der Waals surface area contributed by atoms with E-state index in [2.05, 4.69) is 0 Å². The molecule has 0 radical (unpaired) electrons. The van der Waals surface area contributed by atoms with Gasteiger partial charge in [0.05, 0.1) is 30.8 Å². The maximum absolute atomic E-state index is 13.1. The van der Waals surface area contributed by atoms with Gasteiger partial charge in [-0.15, -0.1) is 0 Å². The maximum Gasteiger partial charge on any atom is 0.410 e. The third kappa shape index (κ3) is 6.45. The smallest absolute Gasteiger partial charge is 0.410 e. The second-order valence-electron chi connectivity index (χ2n) is 9.43. The van der Waals surface area contributed by atoms with E-state index in [9.17, 15) is 22.8 Å². The van der Waals surface area contributed by atoms with E-state index in [0.717, 1.165) is 0 Å². The molecule has 0 unspecified atom stereocenters. The van der Waals surface area contributed by atoms with Crippen molar-refractivity contribution in [2.75, 3.05) is 38.2 Å². The van der Waals surface area contributed by atoms with E-state index in [4.69, 9.17) is 14.2 Å². The molecule has 1 aromatic carbocycles. The van der Waals surface area contributed by atoms with Gasteiger partial charge in [-0.2, -0.15) is 13.2 Å². The number of hydrogen-bond donors (Lipinski definition) is 0. The van der Waals surface area contributed by atoms with E-state index in [0.29, 0.717) is 36.5 Å². The molecule has 2 heterocycles. The van der Waals surface area contributed by atoms with Crippen molar-refractivity contribution >= 4 is 17.7 Å². The fraction of sp³-hybridized carbons (Fsp3) is 0.652. The molecule has 3 rings (SSSR count). The normalized spacial score (nSPS) is 20.0. The van der Waals surface area contributed by atoms with E-state index < -0.39 is 29.8 Å². The maximum atomic E-state index is 13.1. The number of methoxy groups -OCH3 is 1. The first-order valence-electron chi connectivity index (χ1n) is 11.1. The second kappa shape index (κ2) is 9.69. The zero-order valence-electron chi connectivity index (χ0n) is 19.4. The highest BCUT2D eigenvalue weighted by Gasteiger charge is 2.41. The number of halogens is 3. The number of rotatable bonds is 4. The molecule has 0 aliphatic carbocycles. The third-order valence-electron chi connectivity index (χ3n) is 5.77. The number of hydrogen-bond acceptors (Lipinski definition) is 6. The first-order valence-corrected chi connectivity index (χ1v) is 11.1. The fourth-order valence-electron chi connectivity index (χ4n) is 4.05. The van der Waals surface area contributed by atoms with Crippen LogP contribution in [0.2, 0.25) is 0 Å². The Kier molecular flexibility index (Phi) is 7.33. The minimum absolute atomic E-state index is 0.0265. The Morgan fingerprint density at radius 3 is 2.27 bits per heavy atom. The molecule has 2 fully saturated rings. The van der Waals surface area contributed by atoms with Crippen LogP contribution in [0.25, 0.3) is 0 Å². The van der Waals surface area contributed by atoms with E-state index >= 15 is 0 Å². The van der Waals surface area contributed by atoms with Gasteiger partial charge in [0.1, 0.15) is 17.5 Å². The van der Waals surface area contributed by atoms with Crippen molar-refractivity contribution in [2.45, 2.75) is 57.9 Å². The molecule has 1 amide bonds. The van der Waals surface area contributed by atoms with Crippen molar-refractivity contribution < 1.29 is 37.0 Å². The molecule has 1 aromatic rings. The standard InChI is InChI=1S/C23H31F3N2O5/c1-22(2,3)33-21(30)28-12-9-17(14-28)32-19-6-5-15(20(29)31-4)13-18(19)27-10-7-16(8-11-27)23(24,25)26/h5-6,13,16-17H,7-12,14H2,1-4H3/t17-/m0/s1. The molecule has 0 N–H and O–H groups in total. The SMILES string of the molecule is COC(=O)c1ccc(O[C@H]2CCN(C(=O)OC(C)(C)C)C2)c(N2CCC(C(F)(F)F)CC2)c1. The monoisotopic (exact) mass is 472 g/mol. The van der Waals surface area contributed by atoms with Crippen molar-refractivity contribution in [2.24, 2.45) is 5.92 Å². The van der Waals surface area contributed by atoms with Gasteiger partial charge in [-0.3, -0.25) is 0 Å². The first kappa shape index (κ1) is 25.0. The van der Waals surface area contributed by atoms with Crippen LogP contribution in [0.3, 0.4) is 0 Å². The average Bonchev–Trinajstić information content (AvgIpc) is 3.20. The van der Waals surface area contributed by atoms with Crippen LogP contribution in [0.5, 0.6) is 5.75 Å². The lowest BCUT2D eigenvalue weighted by Crippen LogP contribution is -2.39. The Labute approximate surface area is 191 Å². The highest BCUT2D eigenvalue weighted by molar-refractivity contribution is 5.91. The number of likely N-dealkylation sites (tertiary alicyclic amines) is 1. The minimum atomic E-state index is -4.21. The Morgan fingerprint density at radius 1 is 1.03 bits per heavy atom. The quantitative estimate of drug-likeness (QED) is 0.595. The number of carbonyl (C=O) groups excluding carboxylic acids is 2. The predicted octanol–water partition coefficient (Wildman–Crippen LogP) is 4.64. The van der Waals surface area contributed by atoms with Crippen molar-refractivity contribution in [1.82, 2.24) is 4.90 Å². The van der Waals surface area contributed by atoms with Gasteiger partial charge in [0.25, 0.3) is 0 Å². The van der Waals surface area contributed by atoms with Crippen LogP contribution in [0, 0.1) is 5.92 Å². The summed E-state index contributed by atoms with van der Waals surface area (Å²) in [6.07, 6.45) is -4.39. The van der Waals surface area contributed by atoms with Gasteiger partial charge >= 0.3 is 18.2 Å². The molecule has 0 aromatic heterocycles. The van der Waals surface area contributed by atoms with Gasteiger partial charge in [0.15, 0.2) is 0 Å². The van der Waals surface area contributed by atoms with E-state index in [1.54, 1.807) is 43.9 Å². The van der Waals surface area contributed by atoms with Crippen molar-refractivity contribution in [1.29, 1.82) is 0 Å². The Bertz CT molecular complexity index is 861. The number of nitrogens with zero attached hydrogens (tertiary/aromatic N) is 2. The third-order valence-corrected chi connectivity index (χ3v) is 5.77. The van der Waals surface area contributed by atoms with Gasteiger partial charge in [-0.05, 0) is 51.8 Å². The first-order chi connectivity index (χ1) is 15.4. The van der Waals surface area contributed by atoms with Gasteiger partial charge in [-0.25, -0.2) is 9.59 Å². The lowest BCUT2D eigenvalue weighted by molar-refractivity contribution is -0.179. The number of anilines is 1. The van der Waals surface area contributed by atoms with Crippen LogP contribution in [-0.2, 0) is 9.47 Å². The summed E-state index contributed by atoms with van der Waals surface area (Å²) in [5.74, 6) is -1.41. The van der Waals surface area contributed by atoms with Gasteiger partial charge in [0.2, 0.25) is 0 Å². The molecule has 2 aliphatic heterocycles. The number of amides is 1. The summed E-state index contributed by atoms with van der Waals surface area (Å²) in [6.45, 7) is 6.60.